The van der Waals surface area contributed by atoms with E-state index in [9.17, 15) is 9.90 Å². The molecule has 0 unspecified atom stereocenters. The Morgan fingerprint density at radius 1 is 1.09 bits per heavy atom. The molecule has 0 aliphatic carbocycles. The highest BCUT2D eigenvalue weighted by molar-refractivity contribution is 6.03. The zero-order chi connectivity index (χ0) is 16.2. The average molecular weight is 305 g/mol. The van der Waals surface area contributed by atoms with E-state index < -0.39 is 5.97 Å². The van der Waals surface area contributed by atoms with Crippen molar-refractivity contribution in [2.24, 2.45) is 0 Å². The Morgan fingerprint density at radius 2 is 1.83 bits per heavy atom. The number of benzene rings is 2. The molecule has 114 valence electrons. The SMILES string of the molecule is COc1ccccc1C=Cc1cc(C(=O)O)c2ccccc2n1. The molecule has 0 aliphatic rings. The molecule has 2 aromatic carbocycles. The highest BCUT2D eigenvalue weighted by Crippen LogP contribution is 2.22. The van der Waals surface area contributed by atoms with Gasteiger partial charge in [0, 0.05) is 10.9 Å². The minimum Gasteiger partial charge on any atom is -0.496 e. The summed E-state index contributed by atoms with van der Waals surface area (Å²) in [6, 6.07) is 16.4. The third kappa shape index (κ3) is 3.06. The number of hydrogen-bond donors (Lipinski definition) is 1. The first kappa shape index (κ1) is 14.8. The van der Waals surface area contributed by atoms with Gasteiger partial charge >= 0.3 is 5.97 Å². The van der Waals surface area contributed by atoms with E-state index in [1.165, 1.54) is 0 Å². The lowest BCUT2D eigenvalue weighted by molar-refractivity contribution is 0.0699. The molecule has 23 heavy (non-hydrogen) atoms. The van der Waals surface area contributed by atoms with Gasteiger partial charge in [0.05, 0.1) is 23.9 Å². The second-order valence-corrected chi connectivity index (χ2v) is 4.99. The number of methoxy groups -OCH3 is 1. The summed E-state index contributed by atoms with van der Waals surface area (Å²) in [6.45, 7) is 0. The van der Waals surface area contributed by atoms with E-state index in [0.717, 1.165) is 11.3 Å². The topological polar surface area (TPSA) is 59.4 Å². The maximum atomic E-state index is 11.5. The second kappa shape index (κ2) is 6.32. The number of aromatic carboxylic acids is 1. The van der Waals surface area contributed by atoms with Gasteiger partial charge in [-0.2, -0.15) is 0 Å². The van der Waals surface area contributed by atoms with Crippen LogP contribution in [0.15, 0.2) is 54.6 Å². The molecule has 3 aromatic rings. The molecule has 0 amide bonds. The summed E-state index contributed by atoms with van der Waals surface area (Å²) >= 11 is 0. The summed E-state index contributed by atoms with van der Waals surface area (Å²) in [5.41, 5.74) is 2.40. The number of para-hydroxylation sites is 2. The Bertz CT molecular complexity index is 900. The van der Waals surface area contributed by atoms with Crippen LogP contribution < -0.4 is 4.74 Å². The molecule has 1 N–H and O–H groups in total. The van der Waals surface area contributed by atoms with E-state index in [4.69, 9.17) is 4.74 Å². The van der Waals surface area contributed by atoms with Crippen LogP contribution in [0, 0.1) is 0 Å². The Morgan fingerprint density at radius 3 is 2.61 bits per heavy atom. The number of aromatic nitrogens is 1. The third-order valence-electron chi connectivity index (χ3n) is 3.54. The minimum absolute atomic E-state index is 0.246. The van der Waals surface area contributed by atoms with E-state index in [1.54, 1.807) is 31.4 Å². The van der Waals surface area contributed by atoms with E-state index in [-0.39, 0.29) is 5.56 Å². The van der Waals surface area contributed by atoms with Crippen molar-refractivity contribution in [1.82, 2.24) is 4.98 Å². The Balaban J connectivity index is 2.06. The number of carboxylic acid groups (broad SMARTS) is 1. The van der Waals surface area contributed by atoms with Gasteiger partial charge < -0.3 is 9.84 Å². The predicted octanol–water partition coefficient (Wildman–Crippen LogP) is 4.11. The van der Waals surface area contributed by atoms with Crippen molar-refractivity contribution in [1.29, 1.82) is 0 Å². The largest absolute Gasteiger partial charge is 0.496 e. The summed E-state index contributed by atoms with van der Waals surface area (Å²) in [6.07, 6.45) is 3.65. The molecule has 0 aliphatic heterocycles. The molecule has 0 saturated heterocycles. The van der Waals surface area contributed by atoms with Crippen LogP contribution in [0.4, 0.5) is 0 Å². The molecule has 0 spiro atoms. The number of fused-ring (bicyclic) bond motifs is 1. The van der Waals surface area contributed by atoms with Crippen molar-refractivity contribution < 1.29 is 14.6 Å². The fourth-order valence-electron chi connectivity index (χ4n) is 2.44. The van der Waals surface area contributed by atoms with Crippen molar-refractivity contribution in [3.8, 4) is 5.75 Å². The van der Waals surface area contributed by atoms with Gasteiger partial charge in [-0.15, -0.1) is 0 Å². The normalized spacial score (nSPS) is 11.0. The average Bonchev–Trinajstić information content (AvgIpc) is 2.59. The smallest absolute Gasteiger partial charge is 0.336 e. The van der Waals surface area contributed by atoms with Crippen LogP contribution in [0.2, 0.25) is 0 Å². The fraction of sp³-hybridized carbons (Fsp3) is 0.0526. The monoisotopic (exact) mass is 305 g/mol. The Hall–Kier alpha value is -3.14. The van der Waals surface area contributed by atoms with Gasteiger partial charge in [-0.3, -0.25) is 0 Å². The summed E-state index contributed by atoms with van der Waals surface area (Å²) in [7, 11) is 1.61. The highest BCUT2D eigenvalue weighted by atomic mass is 16.5. The van der Waals surface area contributed by atoms with Crippen LogP contribution in [0.3, 0.4) is 0 Å². The maximum Gasteiger partial charge on any atom is 0.336 e. The van der Waals surface area contributed by atoms with Crippen LogP contribution >= 0.6 is 0 Å². The first-order chi connectivity index (χ1) is 11.2. The van der Waals surface area contributed by atoms with Gasteiger partial charge in [0.2, 0.25) is 0 Å². The highest BCUT2D eigenvalue weighted by Gasteiger charge is 2.10. The lowest BCUT2D eigenvalue weighted by Crippen LogP contribution is -2.00. The van der Waals surface area contributed by atoms with E-state index in [1.807, 2.05) is 42.5 Å². The van der Waals surface area contributed by atoms with Crippen molar-refractivity contribution in [2.45, 2.75) is 0 Å². The molecule has 0 fully saturated rings. The van der Waals surface area contributed by atoms with E-state index in [0.29, 0.717) is 16.6 Å². The number of ether oxygens (including phenoxy) is 1. The number of carbonyl (C=O) groups is 1. The van der Waals surface area contributed by atoms with Crippen LogP contribution in [0.25, 0.3) is 23.1 Å². The third-order valence-corrected chi connectivity index (χ3v) is 3.54. The van der Waals surface area contributed by atoms with Crippen LogP contribution in [0.5, 0.6) is 5.75 Å². The number of pyridine rings is 1. The Labute approximate surface area is 133 Å². The molecule has 0 radical (unpaired) electrons. The first-order valence-corrected chi connectivity index (χ1v) is 7.13. The van der Waals surface area contributed by atoms with Crippen molar-refractivity contribution in [2.75, 3.05) is 7.11 Å². The summed E-state index contributed by atoms with van der Waals surface area (Å²) in [4.78, 5) is 16.0. The molecular formula is C19H15NO3. The van der Waals surface area contributed by atoms with Gasteiger partial charge in [-0.05, 0) is 30.4 Å². The van der Waals surface area contributed by atoms with Crippen LogP contribution in [-0.2, 0) is 0 Å². The van der Waals surface area contributed by atoms with E-state index in [2.05, 4.69) is 4.98 Å². The summed E-state index contributed by atoms with van der Waals surface area (Å²) in [5.74, 6) is -0.210. The van der Waals surface area contributed by atoms with Gasteiger partial charge in [0.25, 0.3) is 0 Å². The van der Waals surface area contributed by atoms with Crippen molar-refractivity contribution in [3.63, 3.8) is 0 Å². The number of rotatable bonds is 4. The molecule has 1 aromatic heterocycles. The standard InChI is InChI=1S/C19H15NO3/c1-23-18-9-5-2-6-13(18)10-11-14-12-16(19(21)22)15-7-3-4-8-17(15)20-14/h2-12H,1H3,(H,21,22). The van der Waals surface area contributed by atoms with Gasteiger partial charge in [-0.25, -0.2) is 9.78 Å². The fourth-order valence-corrected chi connectivity index (χ4v) is 2.44. The molecule has 3 rings (SSSR count). The first-order valence-electron chi connectivity index (χ1n) is 7.13. The second-order valence-electron chi connectivity index (χ2n) is 4.99. The predicted molar refractivity (Wildman–Crippen MR) is 90.6 cm³/mol. The molecule has 0 saturated carbocycles. The molecular weight excluding hydrogens is 290 g/mol. The number of carboxylic acids is 1. The molecule has 0 bridgehead atoms. The summed E-state index contributed by atoms with van der Waals surface area (Å²) < 4.78 is 5.30. The van der Waals surface area contributed by atoms with Crippen molar-refractivity contribution >= 4 is 29.0 Å². The molecule has 0 atom stereocenters. The van der Waals surface area contributed by atoms with Gasteiger partial charge in [-0.1, -0.05) is 36.4 Å². The molecule has 1 heterocycles. The Kier molecular flexibility index (Phi) is 4.06. The number of hydrogen-bond acceptors (Lipinski definition) is 3. The quantitative estimate of drug-likeness (QED) is 0.788. The van der Waals surface area contributed by atoms with Gasteiger partial charge in [0.1, 0.15) is 5.75 Å². The summed E-state index contributed by atoms with van der Waals surface area (Å²) in [5, 5.41) is 10.0. The zero-order valence-electron chi connectivity index (χ0n) is 12.6. The minimum atomic E-state index is -0.962. The van der Waals surface area contributed by atoms with Crippen LogP contribution in [-0.4, -0.2) is 23.2 Å². The van der Waals surface area contributed by atoms with E-state index >= 15 is 0 Å². The number of nitrogens with zero attached hydrogens (tertiary/aromatic N) is 1. The van der Waals surface area contributed by atoms with Crippen LogP contribution in [0.1, 0.15) is 21.6 Å². The zero-order valence-corrected chi connectivity index (χ0v) is 12.6. The lowest BCUT2D eigenvalue weighted by Gasteiger charge is -2.05. The molecule has 4 nitrogen and oxygen atoms in total. The maximum absolute atomic E-state index is 11.5. The van der Waals surface area contributed by atoms with Crippen molar-refractivity contribution in [3.05, 3.63) is 71.4 Å². The molecule has 4 heteroatoms. The lowest BCUT2D eigenvalue weighted by atomic mass is 10.1. The van der Waals surface area contributed by atoms with Gasteiger partial charge in [0.15, 0.2) is 0 Å².